The number of carbonyl (C=O) groups excluding carboxylic acids is 1. The van der Waals surface area contributed by atoms with Crippen molar-refractivity contribution in [2.24, 2.45) is 5.10 Å². The molecule has 0 bridgehead atoms. The molecule has 0 aliphatic rings. The van der Waals surface area contributed by atoms with E-state index in [-0.39, 0.29) is 5.91 Å². The molecule has 27 heavy (non-hydrogen) atoms. The van der Waals surface area contributed by atoms with Crippen molar-refractivity contribution in [2.45, 2.75) is 19.8 Å². The second-order valence-electron chi connectivity index (χ2n) is 6.42. The fourth-order valence-electron chi connectivity index (χ4n) is 2.54. The molecule has 6 heteroatoms. The number of hydrogen-bond acceptors (Lipinski definition) is 4. The van der Waals surface area contributed by atoms with Crippen molar-refractivity contribution in [2.75, 3.05) is 7.11 Å². The monoisotopic (exact) mass is 362 g/mol. The molecule has 0 fully saturated rings. The molecule has 1 heterocycles. The van der Waals surface area contributed by atoms with Gasteiger partial charge in [-0.05, 0) is 47.4 Å². The first-order chi connectivity index (χ1) is 13.1. The first kappa shape index (κ1) is 18.4. The number of amides is 1. The summed E-state index contributed by atoms with van der Waals surface area (Å²) in [6, 6.07) is 17.2. The zero-order chi connectivity index (χ0) is 19.2. The van der Waals surface area contributed by atoms with E-state index in [9.17, 15) is 4.79 Å². The van der Waals surface area contributed by atoms with E-state index < -0.39 is 0 Å². The predicted octanol–water partition coefficient (Wildman–Crippen LogP) is 3.97. The van der Waals surface area contributed by atoms with Crippen LogP contribution in [0.3, 0.4) is 0 Å². The number of nitrogens with one attached hydrogen (secondary N) is 2. The summed E-state index contributed by atoms with van der Waals surface area (Å²) in [5.41, 5.74) is 6.60. The number of hydrazone groups is 1. The fraction of sp³-hybridized carbons (Fsp3) is 0.190. The van der Waals surface area contributed by atoms with Crippen molar-refractivity contribution in [1.82, 2.24) is 15.6 Å². The van der Waals surface area contributed by atoms with Crippen LogP contribution in [-0.4, -0.2) is 29.4 Å². The van der Waals surface area contributed by atoms with E-state index in [1.54, 1.807) is 19.4 Å². The van der Waals surface area contributed by atoms with E-state index in [2.05, 4.69) is 46.7 Å². The molecule has 6 nitrogen and oxygen atoms in total. The molecule has 138 valence electrons. The van der Waals surface area contributed by atoms with Gasteiger partial charge in [0, 0.05) is 5.56 Å². The topological polar surface area (TPSA) is 79.4 Å². The van der Waals surface area contributed by atoms with Crippen LogP contribution in [0, 0.1) is 0 Å². The second-order valence-corrected chi connectivity index (χ2v) is 6.42. The minimum Gasteiger partial charge on any atom is -0.497 e. The quantitative estimate of drug-likeness (QED) is 0.514. The van der Waals surface area contributed by atoms with Crippen LogP contribution in [0.5, 0.6) is 5.75 Å². The number of H-pyrrole nitrogens is 1. The van der Waals surface area contributed by atoms with Gasteiger partial charge in [-0.15, -0.1) is 0 Å². The average molecular weight is 362 g/mol. The average Bonchev–Trinajstić information content (AvgIpc) is 3.19. The molecule has 2 aromatic carbocycles. The third-order valence-corrected chi connectivity index (χ3v) is 4.19. The Bertz CT molecular complexity index is 926. The summed E-state index contributed by atoms with van der Waals surface area (Å²) in [7, 11) is 1.62. The van der Waals surface area contributed by atoms with E-state index >= 15 is 0 Å². The van der Waals surface area contributed by atoms with Crippen molar-refractivity contribution in [1.29, 1.82) is 0 Å². The van der Waals surface area contributed by atoms with Crippen LogP contribution in [0.2, 0.25) is 0 Å². The van der Waals surface area contributed by atoms with Gasteiger partial charge in [0.25, 0.3) is 5.91 Å². The number of ether oxygens (including phenoxy) is 1. The summed E-state index contributed by atoms with van der Waals surface area (Å²) in [5.74, 6) is 0.899. The van der Waals surface area contributed by atoms with E-state index in [1.807, 2.05) is 36.4 Å². The first-order valence-electron chi connectivity index (χ1n) is 8.70. The van der Waals surface area contributed by atoms with Crippen LogP contribution in [0.15, 0.2) is 59.7 Å². The van der Waals surface area contributed by atoms with E-state index in [1.165, 1.54) is 5.56 Å². The predicted molar refractivity (Wildman–Crippen MR) is 106 cm³/mol. The molecule has 0 saturated heterocycles. The van der Waals surface area contributed by atoms with Gasteiger partial charge in [-0.2, -0.15) is 10.2 Å². The molecule has 0 aliphatic carbocycles. The standard InChI is InChI=1S/C21H22N4O2/c1-14(2)16-6-4-15(5-7-16)13-22-25-21(26)20-12-19(23-24-20)17-8-10-18(27-3)11-9-17/h4-14H,1-3H3,(H,23,24)(H,25,26)/b22-13-. The molecule has 1 amide bonds. The number of benzene rings is 2. The number of rotatable bonds is 6. The van der Waals surface area contributed by atoms with Crippen LogP contribution in [0.1, 0.15) is 41.4 Å². The molecule has 0 radical (unpaired) electrons. The highest BCUT2D eigenvalue weighted by atomic mass is 16.5. The van der Waals surface area contributed by atoms with E-state index in [4.69, 9.17) is 4.74 Å². The van der Waals surface area contributed by atoms with Crippen LogP contribution in [0.25, 0.3) is 11.3 Å². The van der Waals surface area contributed by atoms with Crippen molar-refractivity contribution in [3.8, 4) is 17.0 Å². The third kappa shape index (κ3) is 4.61. The molecule has 0 aliphatic heterocycles. The van der Waals surface area contributed by atoms with Crippen LogP contribution < -0.4 is 10.2 Å². The molecule has 1 aromatic heterocycles. The van der Waals surface area contributed by atoms with Crippen LogP contribution in [-0.2, 0) is 0 Å². The maximum Gasteiger partial charge on any atom is 0.289 e. The largest absolute Gasteiger partial charge is 0.497 e. The minimum absolute atomic E-state index is 0.341. The van der Waals surface area contributed by atoms with Crippen molar-refractivity contribution in [3.05, 3.63) is 71.4 Å². The van der Waals surface area contributed by atoms with Gasteiger partial charge in [0.1, 0.15) is 11.4 Å². The molecular weight excluding hydrogens is 340 g/mol. The molecule has 0 spiro atoms. The van der Waals surface area contributed by atoms with Gasteiger partial charge in [0.2, 0.25) is 0 Å². The Balaban J connectivity index is 1.62. The van der Waals surface area contributed by atoms with Gasteiger partial charge in [0.15, 0.2) is 0 Å². The lowest BCUT2D eigenvalue weighted by Crippen LogP contribution is -2.18. The Hall–Kier alpha value is -3.41. The normalized spacial score (nSPS) is 11.1. The fourth-order valence-corrected chi connectivity index (χ4v) is 2.54. The van der Waals surface area contributed by atoms with Gasteiger partial charge in [0.05, 0.1) is 19.0 Å². The van der Waals surface area contributed by atoms with Gasteiger partial charge < -0.3 is 4.74 Å². The van der Waals surface area contributed by atoms with Crippen LogP contribution >= 0.6 is 0 Å². The number of carbonyl (C=O) groups is 1. The lowest BCUT2D eigenvalue weighted by molar-refractivity contribution is 0.0950. The lowest BCUT2D eigenvalue weighted by atomic mass is 10.0. The van der Waals surface area contributed by atoms with Gasteiger partial charge >= 0.3 is 0 Å². The maximum absolute atomic E-state index is 12.2. The zero-order valence-electron chi connectivity index (χ0n) is 15.6. The summed E-state index contributed by atoms with van der Waals surface area (Å²) >= 11 is 0. The molecule has 3 aromatic rings. The molecular formula is C21H22N4O2. The Morgan fingerprint density at radius 1 is 1.15 bits per heavy atom. The Morgan fingerprint density at radius 3 is 2.48 bits per heavy atom. The highest BCUT2D eigenvalue weighted by Gasteiger charge is 2.10. The molecule has 0 atom stereocenters. The molecule has 0 unspecified atom stereocenters. The van der Waals surface area contributed by atoms with E-state index in [0.717, 1.165) is 16.9 Å². The highest BCUT2D eigenvalue weighted by molar-refractivity contribution is 5.94. The summed E-state index contributed by atoms with van der Waals surface area (Å²) in [5, 5.41) is 10.9. The van der Waals surface area contributed by atoms with E-state index in [0.29, 0.717) is 17.3 Å². The summed E-state index contributed by atoms with van der Waals surface area (Å²) < 4.78 is 5.14. The van der Waals surface area contributed by atoms with Gasteiger partial charge in [-0.3, -0.25) is 9.89 Å². The van der Waals surface area contributed by atoms with Gasteiger partial charge in [-0.25, -0.2) is 5.43 Å². The zero-order valence-corrected chi connectivity index (χ0v) is 15.6. The van der Waals surface area contributed by atoms with Gasteiger partial charge in [-0.1, -0.05) is 38.1 Å². The lowest BCUT2D eigenvalue weighted by Gasteiger charge is -2.04. The summed E-state index contributed by atoms with van der Waals surface area (Å²) in [4.78, 5) is 12.2. The van der Waals surface area contributed by atoms with Crippen LogP contribution in [0.4, 0.5) is 0 Å². The second kappa shape index (κ2) is 8.31. The number of aromatic amines is 1. The number of nitrogens with zero attached hydrogens (tertiary/aromatic N) is 2. The molecule has 2 N–H and O–H groups in total. The number of aromatic nitrogens is 2. The van der Waals surface area contributed by atoms with Crippen molar-refractivity contribution < 1.29 is 9.53 Å². The number of methoxy groups -OCH3 is 1. The summed E-state index contributed by atoms with van der Waals surface area (Å²) in [6.07, 6.45) is 1.61. The Kier molecular flexibility index (Phi) is 5.66. The van der Waals surface area contributed by atoms with Crippen molar-refractivity contribution in [3.63, 3.8) is 0 Å². The first-order valence-corrected chi connectivity index (χ1v) is 8.70. The minimum atomic E-state index is -0.350. The smallest absolute Gasteiger partial charge is 0.289 e. The summed E-state index contributed by atoms with van der Waals surface area (Å²) in [6.45, 7) is 4.29. The Labute approximate surface area is 158 Å². The highest BCUT2D eigenvalue weighted by Crippen LogP contribution is 2.21. The maximum atomic E-state index is 12.2. The van der Waals surface area contributed by atoms with Crippen molar-refractivity contribution >= 4 is 12.1 Å². The Morgan fingerprint density at radius 2 is 1.85 bits per heavy atom. The molecule has 0 saturated carbocycles. The number of hydrogen-bond donors (Lipinski definition) is 2. The SMILES string of the molecule is COc1ccc(-c2cc(C(=O)N/N=C\c3ccc(C(C)C)cc3)[nH]n2)cc1. The third-order valence-electron chi connectivity index (χ3n) is 4.19. The molecule has 3 rings (SSSR count).